The molecule has 6 heteroatoms. The zero-order valence-corrected chi connectivity index (χ0v) is 9.63. The molecule has 0 spiro atoms. The van der Waals surface area contributed by atoms with Crippen LogP contribution in [-0.4, -0.2) is 4.98 Å². The van der Waals surface area contributed by atoms with Crippen molar-refractivity contribution in [3.63, 3.8) is 0 Å². The number of halogens is 3. The number of benzene rings is 1. The molecule has 2 rings (SSSR count). The lowest BCUT2D eigenvalue weighted by Crippen LogP contribution is -1.93. The van der Waals surface area contributed by atoms with Crippen molar-refractivity contribution in [1.29, 1.82) is 0 Å². The van der Waals surface area contributed by atoms with E-state index in [4.69, 9.17) is 23.2 Å². The van der Waals surface area contributed by atoms with Crippen molar-refractivity contribution >= 4 is 45.4 Å². The molecule has 2 aromatic rings. The van der Waals surface area contributed by atoms with Crippen molar-refractivity contribution in [3.8, 4) is 0 Å². The van der Waals surface area contributed by atoms with E-state index < -0.39 is 5.82 Å². The van der Waals surface area contributed by atoms with Gasteiger partial charge in [0.1, 0.15) is 5.15 Å². The van der Waals surface area contributed by atoms with E-state index in [1.54, 1.807) is 17.5 Å². The number of hydrogen-bond acceptors (Lipinski definition) is 3. The number of nitrogens with one attached hydrogen (secondary N) is 1. The van der Waals surface area contributed by atoms with E-state index in [-0.39, 0.29) is 10.7 Å². The summed E-state index contributed by atoms with van der Waals surface area (Å²) in [7, 11) is 0. The van der Waals surface area contributed by atoms with E-state index in [0.29, 0.717) is 10.3 Å². The molecule has 78 valence electrons. The summed E-state index contributed by atoms with van der Waals surface area (Å²) in [6, 6.07) is 4.72. The van der Waals surface area contributed by atoms with Crippen molar-refractivity contribution in [2.24, 2.45) is 0 Å². The summed E-state index contributed by atoms with van der Waals surface area (Å²) >= 11 is 12.6. The van der Waals surface area contributed by atoms with Crippen LogP contribution in [0.2, 0.25) is 10.2 Å². The Kier molecular flexibility index (Phi) is 3.09. The summed E-state index contributed by atoms with van der Waals surface area (Å²) in [5.74, 6) is -0.495. The maximum absolute atomic E-state index is 13.4. The molecule has 1 heterocycles. The lowest BCUT2D eigenvalue weighted by molar-refractivity contribution is 0.632. The largest absolute Gasteiger partial charge is 0.329 e. The molecule has 0 saturated heterocycles. The number of aromatic nitrogens is 1. The van der Waals surface area contributed by atoms with Gasteiger partial charge < -0.3 is 5.32 Å². The summed E-state index contributed by atoms with van der Waals surface area (Å²) in [6.07, 6.45) is 0. The predicted molar refractivity (Wildman–Crippen MR) is 61.8 cm³/mol. The van der Waals surface area contributed by atoms with Crippen molar-refractivity contribution in [2.45, 2.75) is 0 Å². The Hall–Kier alpha value is -0.840. The molecule has 0 aliphatic carbocycles. The Bertz CT molecular complexity index is 487. The van der Waals surface area contributed by atoms with Crippen LogP contribution in [0.4, 0.5) is 15.2 Å². The SMILES string of the molecule is Fc1c(Cl)cccc1Nc1nc(Cl)cs1. The van der Waals surface area contributed by atoms with Gasteiger partial charge in [0.05, 0.1) is 10.7 Å². The van der Waals surface area contributed by atoms with Gasteiger partial charge >= 0.3 is 0 Å². The standard InChI is InChI=1S/C9H5Cl2FN2S/c10-5-2-1-3-6(8(5)12)13-9-14-7(11)4-15-9/h1-4H,(H,13,14). The van der Waals surface area contributed by atoms with Gasteiger partial charge in [0.15, 0.2) is 10.9 Å². The number of nitrogens with zero attached hydrogens (tertiary/aromatic N) is 1. The van der Waals surface area contributed by atoms with Crippen LogP contribution < -0.4 is 5.32 Å². The van der Waals surface area contributed by atoms with Gasteiger partial charge in [0.2, 0.25) is 0 Å². The molecule has 1 N–H and O–H groups in total. The van der Waals surface area contributed by atoms with E-state index in [1.165, 1.54) is 17.4 Å². The Morgan fingerprint density at radius 2 is 2.13 bits per heavy atom. The molecule has 0 amide bonds. The highest BCUT2D eigenvalue weighted by atomic mass is 35.5. The van der Waals surface area contributed by atoms with Gasteiger partial charge in [-0.1, -0.05) is 29.3 Å². The van der Waals surface area contributed by atoms with Crippen molar-refractivity contribution < 1.29 is 4.39 Å². The van der Waals surface area contributed by atoms with E-state index in [9.17, 15) is 4.39 Å². The molecular formula is C9H5Cl2FN2S. The molecule has 0 saturated carbocycles. The summed E-state index contributed by atoms with van der Waals surface area (Å²) in [6.45, 7) is 0. The first-order chi connectivity index (χ1) is 7.16. The third-order valence-corrected chi connectivity index (χ3v) is 3.04. The van der Waals surface area contributed by atoms with Crippen molar-refractivity contribution in [2.75, 3.05) is 5.32 Å². The van der Waals surface area contributed by atoms with Gasteiger partial charge in [0, 0.05) is 5.38 Å². The average Bonchev–Trinajstić information content (AvgIpc) is 2.59. The maximum atomic E-state index is 13.4. The number of anilines is 2. The van der Waals surface area contributed by atoms with E-state index in [2.05, 4.69) is 10.3 Å². The van der Waals surface area contributed by atoms with E-state index in [0.717, 1.165) is 0 Å². The molecule has 0 aliphatic heterocycles. The molecule has 2 nitrogen and oxygen atoms in total. The highest BCUT2D eigenvalue weighted by molar-refractivity contribution is 7.14. The summed E-state index contributed by atoms with van der Waals surface area (Å²) in [5, 5.41) is 5.44. The van der Waals surface area contributed by atoms with Gasteiger partial charge in [-0.3, -0.25) is 0 Å². The minimum atomic E-state index is -0.495. The normalized spacial score (nSPS) is 10.3. The van der Waals surface area contributed by atoms with Crippen LogP contribution >= 0.6 is 34.5 Å². The molecule has 0 unspecified atom stereocenters. The Balaban J connectivity index is 2.28. The van der Waals surface area contributed by atoms with Gasteiger partial charge in [-0.25, -0.2) is 9.37 Å². The first-order valence-corrected chi connectivity index (χ1v) is 5.62. The predicted octanol–water partition coefficient (Wildman–Crippen LogP) is 4.33. The van der Waals surface area contributed by atoms with Crippen LogP contribution in [0.25, 0.3) is 0 Å². The fourth-order valence-corrected chi connectivity index (χ4v) is 2.05. The summed E-state index contributed by atoms with van der Waals surface area (Å²) in [5.41, 5.74) is 0.286. The van der Waals surface area contributed by atoms with Crippen LogP contribution in [-0.2, 0) is 0 Å². The molecule has 0 fully saturated rings. The molecule has 1 aromatic heterocycles. The quantitative estimate of drug-likeness (QED) is 0.872. The van der Waals surface area contributed by atoms with E-state index >= 15 is 0 Å². The van der Waals surface area contributed by atoms with Crippen LogP contribution in [0.5, 0.6) is 0 Å². The Labute approximate surface area is 99.7 Å². The van der Waals surface area contributed by atoms with Crippen LogP contribution in [0.3, 0.4) is 0 Å². The molecule has 0 aliphatic rings. The molecule has 0 bridgehead atoms. The lowest BCUT2D eigenvalue weighted by Gasteiger charge is -2.04. The zero-order chi connectivity index (χ0) is 10.8. The summed E-state index contributed by atoms with van der Waals surface area (Å²) in [4.78, 5) is 3.94. The molecule has 1 aromatic carbocycles. The Morgan fingerprint density at radius 3 is 2.80 bits per heavy atom. The Morgan fingerprint density at radius 1 is 1.33 bits per heavy atom. The maximum Gasteiger partial charge on any atom is 0.188 e. The number of rotatable bonds is 2. The number of hydrogen-bond donors (Lipinski definition) is 1. The topological polar surface area (TPSA) is 24.9 Å². The molecule has 15 heavy (non-hydrogen) atoms. The molecule has 0 atom stereocenters. The van der Waals surface area contributed by atoms with Gasteiger partial charge in [-0.05, 0) is 12.1 Å². The third kappa shape index (κ3) is 2.40. The van der Waals surface area contributed by atoms with Gasteiger partial charge in [-0.2, -0.15) is 0 Å². The second-order valence-corrected chi connectivity index (χ2v) is 4.35. The fourth-order valence-electron chi connectivity index (χ4n) is 1.03. The van der Waals surface area contributed by atoms with Gasteiger partial charge in [0.25, 0.3) is 0 Å². The van der Waals surface area contributed by atoms with Crippen molar-refractivity contribution in [3.05, 3.63) is 39.6 Å². The van der Waals surface area contributed by atoms with Crippen molar-refractivity contribution in [1.82, 2.24) is 4.98 Å². The van der Waals surface area contributed by atoms with Gasteiger partial charge in [-0.15, -0.1) is 11.3 Å². The minimum Gasteiger partial charge on any atom is -0.329 e. The highest BCUT2D eigenvalue weighted by Crippen LogP contribution is 2.27. The minimum absolute atomic E-state index is 0.0719. The lowest BCUT2D eigenvalue weighted by atomic mass is 10.3. The monoisotopic (exact) mass is 262 g/mol. The second-order valence-electron chi connectivity index (χ2n) is 2.70. The third-order valence-electron chi connectivity index (χ3n) is 1.67. The second kappa shape index (κ2) is 4.35. The van der Waals surface area contributed by atoms with Crippen LogP contribution in [0, 0.1) is 5.82 Å². The first kappa shape index (κ1) is 10.7. The first-order valence-electron chi connectivity index (χ1n) is 3.99. The van der Waals surface area contributed by atoms with E-state index in [1.807, 2.05) is 0 Å². The smallest absolute Gasteiger partial charge is 0.188 e. The summed E-state index contributed by atoms with van der Waals surface area (Å²) < 4.78 is 13.4. The molecule has 0 radical (unpaired) electrons. The fraction of sp³-hybridized carbons (Fsp3) is 0. The highest BCUT2D eigenvalue weighted by Gasteiger charge is 2.07. The van der Waals surface area contributed by atoms with Crippen LogP contribution in [0.1, 0.15) is 0 Å². The zero-order valence-electron chi connectivity index (χ0n) is 7.30. The average molecular weight is 263 g/mol. The van der Waals surface area contributed by atoms with Crippen LogP contribution in [0.15, 0.2) is 23.6 Å². The molecular weight excluding hydrogens is 258 g/mol. The number of thiazole rings is 1.